The average Bonchev–Trinajstić information content (AvgIpc) is 2.25. The number of carbonyl (C=O) groups is 1. The van der Waals surface area contributed by atoms with Crippen LogP contribution in [0.25, 0.3) is 0 Å². The van der Waals surface area contributed by atoms with Gasteiger partial charge in [0.2, 0.25) is 0 Å². The molecule has 0 aromatic carbocycles. The summed E-state index contributed by atoms with van der Waals surface area (Å²) in [5.74, 6) is -2.58. The van der Waals surface area contributed by atoms with Crippen molar-refractivity contribution < 1.29 is 31.5 Å². The van der Waals surface area contributed by atoms with Gasteiger partial charge in [-0.3, -0.25) is 9.78 Å². The zero-order valence-corrected chi connectivity index (χ0v) is 10.6. The minimum absolute atomic E-state index is 0.234. The molecule has 106 valence electrons. The summed E-state index contributed by atoms with van der Waals surface area (Å²) in [4.78, 5) is 14.5. The van der Waals surface area contributed by atoms with Crippen molar-refractivity contribution in [3.8, 4) is 5.75 Å². The molecule has 0 fully saturated rings. The van der Waals surface area contributed by atoms with E-state index in [1.165, 1.54) is 0 Å². The van der Waals surface area contributed by atoms with Crippen LogP contribution in [0.4, 0.5) is 22.0 Å². The SMILES string of the molecule is NC(=O)c1c(C(F)F)cnc(CBr)c1OC(F)(F)F. The summed E-state index contributed by atoms with van der Waals surface area (Å²) in [5, 5.41) is -0.234. The number of carbonyl (C=O) groups excluding carboxylic acids is 1. The van der Waals surface area contributed by atoms with Crippen molar-refractivity contribution in [2.45, 2.75) is 18.1 Å². The molecule has 0 aliphatic heterocycles. The fourth-order valence-electron chi connectivity index (χ4n) is 1.29. The summed E-state index contributed by atoms with van der Waals surface area (Å²) in [7, 11) is 0. The van der Waals surface area contributed by atoms with Crippen LogP contribution in [-0.2, 0) is 5.33 Å². The van der Waals surface area contributed by atoms with E-state index in [2.05, 4.69) is 25.7 Å². The molecule has 0 unspecified atom stereocenters. The Labute approximate surface area is 111 Å². The number of ether oxygens (including phenoxy) is 1. The number of rotatable bonds is 4. The fourth-order valence-corrected chi connectivity index (χ4v) is 1.69. The van der Waals surface area contributed by atoms with Crippen LogP contribution in [0, 0.1) is 0 Å². The Morgan fingerprint density at radius 3 is 2.42 bits per heavy atom. The Kier molecular flexibility index (Phi) is 4.66. The fraction of sp³-hybridized carbons (Fsp3) is 0.333. The van der Waals surface area contributed by atoms with E-state index in [1.807, 2.05) is 0 Å². The standard InChI is InChI=1S/C9H6BrF5N2O2/c10-1-4-6(19-9(13,14)15)5(8(16)18)3(2-17-4)7(11)12/h2,7H,1H2,(H2,16,18). The first-order valence-electron chi connectivity index (χ1n) is 4.58. The van der Waals surface area contributed by atoms with E-state index in [0.29, 0.717) is 6.20 Å². The number of primary amides is 1. The zero-order chi connectivity index (χ0) is 14.8. The lowest BCUT2D eigenvalue weighted by molar-refractivity contribution is -0.275. The molecule has 0 saturated carbocycles. The number of alkyl halides is 6. The monoisotopic (exact) mass is 348 g/mol. The second-order valence-corrected chi connectivity index (χ2v) is 3.77. The molecule has 1 rings (SSSR count). The highest BCUT2D eigenvalue weighted by Crippen LogP contribution is 2.35. The lowest BCUT2D eigenvalue weighted by atomic mass is 10.1. The molecule has 0 aliphatic rings. The van der Waals surface area contributed by atoms with Gasteiger partial charge in [0.1, 0.15) is 0 Å². The maximum atomic E-state index is 12.6. The molecule has 19 heavy (non-hydrogen) atoms. The predicted octanol–water partition coefficient (Wildman–Crippen LogP) is 2.91. The van der Waals surface area contributed by atoms with Gasteiger partial charge in [0, 0.05) is 11.5 Å². The smallest absolute Gasteiger partial charge is 0.403 e. The molecule has 0 radical (unpaired) electrons. The lowest BCUT2D eigenvalue weighted by Gasteiger charge is -2.16. The number of aromatic nitrogens is 1. The number of amides is 1. The van der Waals surface area contributed by atoms with Gasteiger partial charge in [0.15, 0.2) is 5.75 Å². The van der Waals surface area contributed by atoms with Crippen molar-refractivity contribution in [3.63, 3.8) is 0 Å². The first kappa shape index (κ1) is 15.6. The molecule has 0 spiro atoms. The Hall–Kier alpha value is -1.45. The van der Waals surface area contributed by atoms with Gasteiger partial charge in [-0.1, -0.05) is 15.9 Å². The second kappa shape index (κ2) is 5.68. The molecule has 2 N–H and O–H groups in total. The minimum atomic E-state index is -5.16. The van der Waals surface area contributed by atoms with Crippen molar-refractivity contribution in [1.29, 1.82) is 0 Å². The number of hydrogen-bond donors (Lipinski definition) is 1. The van der Waals surface area contributed by atoms with Crippen LogP contribution in [0.1, 0.15) is 28.0 Å². The maximum Gasteiger partial charge on any atom is 0.573 e. The van der Waals surface area contributed by atoms with E-state index in [9.17, 15) is 26.7 Å². The first-order chi connectivity index (χ1) is 8.67. The number of pyridine rings is 1. The van der Waals surface area contributed by atoms with Crippen molar-refractivity contribution in [3.05, 3.63) is 23.0 Å². The van der Waals surface area contributed by atoms with Gasteiger partial charge >= 0.3 is 6.36 Å². The molecule has 1 aromatic heterocycles. The molecule has 10 heteroatoms. The number of hydrogen-bond acceptors (Lipinski definition) is 3. The van der Waals surface area contributed by atoms with Crippen LogP contribution in [-0.4, -0.2) is 17.3 Å². The van der Waals surface area contributed by atoms with Crippen LogP contribution in [0.15, 0.2) is 6.20 Å². The third-order valence-corrected chi connectivity index (χ3v) is 2.49. The molecular formula is C9H6BrF5N2O2. The van der Waals surface area contributed by atoms with Crippen LogP contribution >= 0.6 is 15.9 Å². The summed E-state index contributed by atoms with van der Waals surface area (Å²) >= 11 is 2.81. The van der Waals surface area contributed by atoms with Gasteiger partial charge in [-0.05, 0) is 0 Å². The summed E-state index contributed by atoms with van der Waals surface area (Å²) < 4.78 is 65.5. The first-order valence-corrected chi connectivity index (χ1v) is 5.71. The zero-order valence-electron chi connectivity index (χ0n) is 8.97. The maximum absolute atomic E-state index is 12.6. The van der Waals surface area contributed by atoms with Crippen LogP contribution < -0.4 is 10.5 Å². The van der Waals surface area contributed by atoms with Crippen molar-refractivity contribution in [2.24, 2.45) is 5.73 Å². The van der Waals surface area contributed by atoms with Crippen molar-refractivity contribution in [1.82, 2.24) is 4.98 Å². The molecule has 0 saturated heterocycles. The van der Waals surface area contributed by atoms with Crippen LogP contribution in [0.3, 0.4) is 0 Å². The molecule has 1 aromatic rings. The topological polar surface area (TPSA) is 65.2 Å². The highest BCUT2D eigenvalue weighted by molar-refractivity contribution is 9.08. The van der Waals surface area contributed by atoms with Crippen molar-refractivity contribution >= 4 is 21.8 Å². The second-order valence-electron chi connectivity index (χ2n) is 3.21. The van der Waals surface area contributed by atoms with Crippen LogP contribution in [0.5, 0.6) is 5.75 Å². The van der Waals surface area contributed by atoms with E-state index in [4.69, 9.17) is 5.73 Å². The normalized spacial score (nSPS) is 11.7. The van der Waals surface area contributed by atoms with E-state index in [-0.39, 0.29) is 11.0 Å². The predicted molar refractivity (Wildman–Crippen MR) is 57.0 cm³/mol. The molecule has 4 nitrogen and oxygen atoms in total. The highest BCUT2D eigenvalue weighted by atomic mass is 79.9. The lowest BCUT2D eigenvalue weighted by Crippen LogP contribution is -2.24. The highest BCUT2D eigenvalue weighted by Gasteiger charge is 2.36. The Balaban J connectivity index is 3.53. The minimum Gasteiger partial charge on any atom is -0.403 e. The van der Waals surface area contributed by atoms with Gasteiger partial charge in [0.05, 0.1) is 16.8 Å². The molecular weight excluding hydrogens is 343 g/mol. The van der Waals surface area contributed by atoms with Gasteiger partial charge in [-0.2, -0.15) is 0 Å². The Morgan fingerprint density at radius 1 is 1.47 bits per heavy atom. The van der Waals surface area contributed by atoms with Gasteiger partial charge in [0.25, 0.3) is 12.3 Å². The summed E-state index contributed by atoms with van der Waals surface area (Å²) in [6, 6.07) is 0. The molecule has 0 aliphatic carbocycles. The van der Waals surface area contributed by atoms with Crippen molar-refractivity contribution in [2.75, 3.05) is 0 Å². The number of halogens is 6. The quantitative estimate of drug-likeness (QED) is 0.672. The summed E-state index contributed by atoms with van der Waals surface area (Å²) in [6.45, 7) is 0. The van der Waals surface area contributed by atoms with Gasteiger partial charge in [-0.25, -0.2) is 8.78 Å². The van der Waals surface area contributed by atoms with Gasteiger partial charge < -0.3 is 10.5 Å². The van der Waals surface area contributed by atoms with E-state index in [1.54, 1.807) is 0 Å². The van der Waals surface area contributed by atoms with E-state index >= 15 is 0 Å². The third-order valence-electron chi connectivity index (χ3n) is 1.96. The molecule has 1 amide bonds. The summed E-state index contributed by atoms with van der Waals surface area (Å²) in [5.41, 5.74) is 2.42. The largest absolute Gasteiger partial charge is 0.573 e. The molecule has 1 heterocycles. The van der Waals surface area contributed by atoms with E-state index < -0.39 is 35.6 Å². The van der Waals surface area contributed by atoms with Crippen LogP contribution in [0.2, 0.25) is 0 Å². The molecule has 0 atom stereocenters. The third kappa shape index (κ3) is 3.75. The van der Waals surface area contributed by atoms with E-state index in [0.717, 1.165) is 0 Å². The number of nitrogens with two attached hydrogens (primary N) is 1. The average molecular weight is 349 g/mol. The Morgan fingerprint density at radius 2 is 2.05 bits per heavy atom. The molecule has 0 bridgehead atoms. The Bertz CT molecular complexity index is 492. The number of nitrogens with zero attached hydrogens (tertiary/aromatic N) is 1. The van der Waals surface area contributed by atoms with Gasteiger partial charge in [-0.15, -0.1) is 13.2 Å². The summed E-state index contributed by atoms with van der Waals surface area (Å²) in [6.07, 6.45) is -7.79.